The van der Waals surface area contributed by atoms with Crippen molar-refractivity contribution >= 4 is 17.5 Å². The van der Waals surface area contributed by atoms with Crippen LogP contribution in [0.2, 0.25) is 5.02 Å². The lowest BCUT2D eigenvalue weighted by Crippen LogP contribution is -3.28. The Morgan fingerprint density at radius 2 is 1.79 bits per heavy atom. The predicted octanol–water partition coefficient (Wildman–Crippen LogP) is 0.130. The molecule has 1 saturated heterocycles. The van der Waals surface area contributed by atoms with E-state index in [2.05, 4.69) is 5.32 Å². The molecule has 3 rings (SSSR count). The standard InChI is InChI=1S/C22H27ClFN3O2/c1-29-21-7-6-20(24)14-18(21)15-26-10-12-27(13-11-26)16-22(28)25-9-8-17-2-4-19(23)5-3-17/h2-7,14H,8-13,15-16H2,1H3,(H,25,28)/p+2. The molecule has 0 unspecified atom stereocenters. The largest absolute Gasteiger partial charge is 0.496 e. The van der Waals surface area contributed by atoms with Crippen molar-refractivity contribution in [1.29, 1.82) is 0 Å². The summed E-state index contributed by atoms with van der Waals surface area (Å²) in [5, 5.41) is 3.73. The monoisotopic (exact) mass is 421 g/mol. The summed E-state index contributed by atoms with van der Waals surface area (Å²) in [6, 6.07) is 12.4. The third-order valence-electron chi connectivity index (χ3n) is 5.41. The van der Waals surface area contributed by atoms with E-state index >= 15 is 0 Å². The SMILES string of the molecule is COc1ccc(F)cc1C[NH+]1CC[NH+](CC(=O)NCCc2ccc(Cl)cc2)CC1. The first-order valence-corrected chi connectivity index (χ1v) is 10.4. The molecule has 0 radical (unpaired) electrons. The van der Waals surface area contributed by atoms with Crippen LogP contribution in [0.4, 0.5) is 4.39 Å². The number of ether oxygens (including phenoxy) is 1. The Labute approximate surface area is 176 Å². The van der Waals surface area contributed by atoms with Crippen molar-refractivity contribution in [2.75, 3.05) is 46.4 Å². The smallest absolute Gasteiger partial charge is 0.275 e. The number of nitrogens with one attached hydrogen (secondary N) is 3. The van der Waals surface area contributed by atoms with Gasteiger partial charge in [0.25, 0.3) is 5.91 Å². The van der Waals surface area contributed by atoms with Gasteiger partial charge in [0.2, 0.25) is 0 Å². The normalized spacial score (nSPS) is 19.0. The van der Waals surface area contributed by atoms with Crippen LogP contribution in [-0.2, 0) is 17.8 Å². The number of quaternary nitrogens is 2. The predicted molar refractivity (Wildman–Crippen MR) is 111 cm³/mol. The van der Waals surface area contributed by atoms with Crippen molar-refractivity contribution < 1.29 is 23.7 Å². The van der Waals surface area contributed by atoms with Gasteiger partial charge in [-0.15, -0.1) is 0 Å². The number of hydrogen-bond acceptors (Lipinski definition) is 2. The molecule has 3 N–H and O–H groups in total. The quantitative estimate of drug-likeness (QED) is 0.567. The summed E-state index contributed by atoms with van der Waals surface area (Å²) >= 11 is 5.89. The van der Waals surface area contributed by atoms with E-state index in [-0.39, 0.29) is 11.7 Å². The molecule has 1 fully saturated rings. The van der Waals surface area contributed by atoms with E-state index < -0.39 is 0 Å². The molecule has 0 spiro atoms. The Morgan fingerprint density at radius 3 is 2.48 bits per heavy atom. The number of halogens is 2. The summed E-state index contributed by atoms with van der Waals surface area (Å²) in [5.41, 5.74) is 2.05. The van der Waals surface area contributed by atoms with Gasteiger partial charge in [-0.2, -0.15) is 0 Å². The molecule has 1 aliphatic heterocycles. The van der Waals surface area contributed by atoms with Crippen molar-refractivity contribution in [2.24, 2.45) is 0 Å². The van der Waals surface area contributed by atoms with E-state index in [1.807, 2.05) is 24.3 Å². The summed E-state index contributed by atoms with van der Waals surface area (Å²) in [6.45, 7) is 5.62. The molecule has 0 aromatic heterocycles. The maximum Gasteiger partial charge on any atom is 0.275 e. The number of piperazine rings is 1. The Hall–Kier alpha value is -2.15. The van der Waals surface area contributed by atoms with Gasteiger partial charge >= 0.3 is 0 Å². The molecule has 2 aromatic carbocycles. The second-order valence-corrected chi connectivity index (χ2v) is 7.97. The molecule has 156 valence electrons. The van der Waals surface area contributed by atoms with Crippen molar-refractivity contribution in [3.8, 4) is 5.75 Å². The molecule has 29 heavy (non-hydrogen) atoms. The van der Waals surface area contributed by atoms with Gasteiger partial charge in [0.1, 0.15) is 44.3 Å². The van der Waals surface area contributed by atoms with Crippen LogP contribution < -0.4 is 19.9 Å². The Kier molecular flexibility index (Phi) is 7.86. The van der Waals surface area contributed by atoms with E-state index in [0.29, 0.717) is 13.1 Å². The summed E-state index contributed by atoms with van der Waals surface area (Å²) in [5.74, 6) is 0.581. The van der Waals surface area contributed by atoms with Gasteiger partial charge in [-0.05, 0) is 42.3 Å². The van der Waals surface area contributed by atoms with Gasteiger partial charge in [-0.1, -0.05) is 23.7 Å². The third kappa shape index (κ3) is 6.70. The lowest BCUT2D eigenvalue weighted by Gasteiger charge is -2.29. The molecule has 1 aliphatic rings. The maximum atomic E-state index is 13.6. The number of benzene rings is 2. The fourth-order valence-electron chi connectivity index (χ4n) is 3.75. The molecule has 1 amide bonds. The molecule has 2 aromatic rings. The Balaban J connectivity index is 1.37. The Morgan fingerprint density at radius 1 is 1.10 bits per heavy atom. The van der Waals surface area contributed by atoms with E-state index in [4.69, 9.17) is 16.3 Å². The molecular formula is C22H29ClFN3O2+2. The van der Waals surface area contributed by atoms with Crippen LogP contribution >= 0.6 is 11.6 Å². The first-order valence-electron chi connectivity index (χ1n) is 10.0. The zero-order chi connectivity index (χ0) is 20.6. The molecular weight excluding hydrogens is 393 g/mol. The van der Waals surface area contributed by atoms with E-state index in [1.165, 1.54) is 15.9 Å². The van der Waals surface area contributed by atoms with Gasteiger partial charge in [0.15, 0.2) is 6.54 Å². The van der Waals surface area contributed by atoms with Crippen LogP contribution in [0.1, 0.15) is 11.1 Å². The van der Waals surface area contributed by atoms with Crippen LogP contribution in [0.25, 0.3) is 0 Å². The molecule has 5 nitrogen and oxygen atoms in total. The highest BCUT2D eigenvalue weighted by molar-refractivity contribution is 6.30. The topological polar surface area (TPSA) is 47.2 Å². The molecule has 0 atom stereocenters. The lowest BCUT2D eigenvalue weighted by atomic mass is 10.1. The second kappa shape index (κ2) is 10.6. The van der Waals surface area contributed by atoms with E-state index in [0.717, 1.165) is 61.0 Å². The number of hydrogen-bond donors (Lipinski definition) is 3. The van der Waals surface area contributed by atoms with Crippen molar-refractivity contribution in [3.63, 3.8) is 0 Å². The number of carbonyl (C=O) groups is 1. The van der Waals surface area contributed by atoms with E-state index in [1.54, 1.807) is 19.2 Å². The van der Waals surface area contributed by atoms with Crippen molar-refractivity contribution in [2.45, 2.75) is 13.0 Å². The lowest BCUT2D eigenvalue weighted by molar-refractivity contribution is -1.02. The second-order valence-electron chi connectivity index (χ2n) is 7.54. The number of amides is 1. The van der Waals surface area contributed by atoms with Gasteiger partial charge in [-0.25, -0.2) is 4.39 Å². The summed E-state index contributed by atoms with van der Waals surface area (Å²) < 4.78 is 18.9. The highest BCUT2D eigenvalue weighted by Crippen LogP contribution is 2.18. The molecule has 0 aliphatic carbocycles. The van der Waals surface area contributed by atoms with Crippen LogP contribution in [0.5, 0.6) is 5.75 Å². The Bertz CT molecular complexity index is 808. The highest BCUT2D eigenvalue weighted by Gasteiger charge is 2.25. The number of carbonyl (C=O) groups excluding carboxylic acids is 1. The first-order chi connectivity index (χ1) is 14.0. The zero-order valence-electron chi connectivity index (χ0n) is 16.8. The molecule has 1 heterocycles. The average molecular weight is 422 g/mol. The maximum absolute atomic E-state index is 13.6. The summed E-state index contributed by atoms with van der Waals surface area (Å²) in [7, 11) is 1.61. The molecule has 7 heteroatoms. The van der Waals surface area contributed by atoms with Crippen LogP contribution in [0.15, 0.2) is 42.5 Å². The average Bonchev–Trinajstić information content (AvgIpc) is 2.71. The summed E-state index contributed by atoms with van der Waals surface area (Å²) in [4.78, 5) is 14.9. The van der Waals surface area contributed by atoms with Gasteiger partial charge in [-0.3, -0.25) is 4.79 Å². The minimum atomic E-state index is -0.236. The minimum absolute atomic E-state index is 0.0872. The van der Waals surface area contributed by atoms with Crippen LogP contribution in [0.3, 0.4) is 0 Å². The van der Waals surface area contributed by atoms with Crippen LogP contribution in [0, 0.1) is 5.82 Å². The summed E-state index contributed by atoms with van der Waals surface area (Å²) in [6.07, 6.45) is 0.797. The molecule has 0 saturated carbocycles. The van der Waals surface area contributed by atoms with Crippen LogP contribution in [-0.4, -0.2) is 52.3 Å². The van der Waals surface area contributed by atoms with Crippen molar-refractivity contribution in [3.05, 3.63) is 64.4 Å². The number of methoxy groups -OCH3 is 1. The molecule has 0 bridgehead atoms. The van der Waals surface area contributed by atoms with Gasteiger partial charge < -0.3 is 19.9 Å². The van der Waals surface area contributed by atoms with Gasteiger partial charge in [0.05, 0.1) is 12.7 Å². The van der Waals surface area contributed by atoms with Gasteiger partial charge in [0, 0.05) is 11.6 Å². The third-order valence-corrected chi connectivity index (χ3v) is 5.66. The highest BCUT2D eigenvalue weighted by atomic mass is 35.5. The fourth-order valence-corrected chi connectivity index (χ4v) is 3.88. The fraction of sp³-hybridized carbons (Fsp3) is 0.409. The number of rotatable bonds is 8. The first kappa shape index (κ1) is 21.6. The minimum Gasteiger partial charge on any atom is -0.496 e. The van der Waals surface area contributed by atoms with E-state index in [9.17, 15) is 9.18 Å². The zero-order valence-corrected chi connectivity index (χ0v) is 17.5. The van der Waals surface area contributed by atoms with Crippen molar-refractivity contribution in [1.82, 2.24) is 5.32 Å².